The van der Waals surface area contributed by atoms with Gasteiger partial charge in [0, 0.05) is 57.7 Å². The van der Waals surface area contributed by atoms with Crippen molar-refractivity contribution in [3.63, 3.8) is 0 Å². The molecule has 19 heteroatoms. The summed E-state index contributed by atoms with van der Waals surface area (Å²) in [5.41, 5.74) is 0.114. The van der Waals surface area contributed by atoms with E-state index in [2.05, 4.69) is 21.8 Å². The van der Waals surface area contributed by atoms with E-state index in [0.29, 0.717) is 41.5 Å². The summed E-state index contributed by atoms with van der Waals surface area (Å²) < 4.78 is 33.3. The Hall–Kier alpha value is -8.18. The van der Waals surface area contributed by atoms with Crippen molar-refractivity contribution in [1.82, 2.24) is 19.8 Å². The average molecular weight is 1010 g/mol. The number of carbonyl (C=O) groups excluding carboxylic acids is 6. The number of imide groups is 1. The molecule has 6 unspecified atom stereocenters. The lowest BCUT2D eigenvalue weighted by Crippen LogP contribution is -2.59. The van der Waals surface area contributed by atoms with Gasteiger partial charge in [0.15, 0.2) is 5.92 Å². The van der Waals surface area contributed by atoms with Gasteiger partial charge < -0.3 is 43.3 Å². The van der Waals surface area contributed by atoms with Crippen molar-refractivity contribution in [3.05, 3.63) is 149 Å². The second kappa shape index (κ2) is 22.3. The number of anilines is 2. The number of piperazine rings is 1. The summed E-state index contributed by atoms with van der Waals surface area (Å²) in [5.74, 6) is -0.154. The number of esters is 3. The molecule has 1 spiro atoms. The third-order valence-corrected chi connectivity index (χ3v) is 13.9. The third-order valence-electron chi connectivity index (χ3n) is 13.9. The van der Waals surface area contributed by atoms with Crippen LogP contribution in [0.4, 0.5) is 16.4 Å². The van der Waals surface area contributed by atoms with E-state index in [1.165, 1.54) is 13.2 Å². The van der Waals surface area contributed by atoms with Crippen LogP contribution in [0, 0.1) is 23.7 Å². The molecule has 0 saturated carbocycles. The van der Waals surface area contributed by atoms with Crippen LogP contribution >= 0.6 is 0 Å². The van der Waals surface area contributed by atoms with Crippen LogP contribution in [-0.2, 0) is 53.1 Å². The fourth-order valence-corrected chi connectivity index (χ4v) is 10.7. The Bertz CT molecular complexity index is 2930. The number of cyclic esters (lactones) is 1. The van der Waals surface area contributed by atoms with Gasteiger partial charge in [0.25, 0.3) is 0 Å². The summed E-state index contributed by atoms with van der Waals surface area (Å²) in [6.07, 6.45) is 0.917. The van der Waals surface area contributed by atoms with Crippen molar-refractivity contribution < 1.29 is 62.3 Å². The Labute approximate surface area is 426 Å². The molecule has 0 aliphatic carbocycles. The van der Waals surface area contributed by atoms with Crippen LogP contribution in [0.1, 0.15) is 52.4 Å². The number of amides is 3. The molecular formula is C55H54N6O13. The van der Waals surface area contributed by atoms with Gasteiger partial charge in [-0.3, -0.25) is 28.9 Å². The lowest BCUT2D eigenvalue weighted by atomic mass is 9.64. The molecule has 4 aliphatic heterocycles. The number of aromatic nitrogens is 2. The van der Waals surface area contributed by atoms with Gasteiger partial charge in [-0.2, -0.15) is 0 Å². The summed E-state index contributed by atoms with van der Waals surface area (Å²) in [6.45, 7) is 0.314. The summed E-state index contributed by atoms with van der Waals surface area (Å²) >= 11 is 0. The van der Waals surface area contributed by atoms with Crippen molar-refractivity contribution in [2.75, 3.05) is 83.7 Å². The van der Waals surface area contributed by atoms with Crippen LogP contribution in [-0.4, -0.2) is 141 Å². The van der Waals surface area contributed by atoms with Gasteiger partial charge in [-0.25, -0.2) is 19.7 Å². The Kier molecular flexibility index (Phi) is 15.3. The summed E-state index contributed by atoms with van der Waals surface area (Å²) in [6, 6.07) is 28.2. The predicted molar refractivity (Wildman–Crippen MR) is 264 cm³/mol. The van der Waals surface area contributed by atoms with Gasteiger partial charge in [-0.05, 0) is 58.7 Å². The first-order valence-electron chi connectivity index (χ1n) is 24.1. The molecule has 6 atom stereocenters. The smallest absolute Gasteiger partial charge is 0.421 e. The topological polar surface area (TPSA) is 217 Å². The highest BCUT2D eigenvalue weighted by molar-refractivity contribution is 6.23. The number of rotatable bonds is 14. The highest BCUT2D eigenvalue weighted by atomic mass is 16.6. The van der Waals surface area contributed by atoms with Crippen LogP contribution < -0.4 is 14.5 Å². The Morgan fingerprint density at radius 2 is 1.45 bits per heavy atom. The third kappa shape index (κ3) is 9.38. The molecule has 19 nitrogen and oxygen atoms in total. The molecule has 3 fully saturated rings. The van der Waals surface area contributed by atoms with Crippen LogP contribution in [0.3, 0.4) is 0 Å². The standard InChI is InChI=1S/C55H54N6O13/c1-69-31-32-73-54(68)60-42-22-21-35(13-10-20-40(49(64)70-2)50(65)71-3)33-41(42)55(52(60)67)43(48(63)58-25-27-59(28-26-58)53-56-23-12-24-57-53)45-51(66)74-46(37-16-8-5-9-17-37)44(36-14-6-4-7-15-36)61(45)47(55)38-18-11-19-39(34-38)72-30-29-62/h4-9,11-12,14-19,21-24,33-34,40,43-47,62H,20,25-32H2,1-3H3. The summed E-state index contributed by atoms with van der Waals surface area (Å²) in [5, 5.41) is 9.86. The van der Waals surface area contributed by atoms with E-state index >= 15 is 14.4 Å². The first-order chi connectivity index (χ1) is 36.1. The molecule has 382 valence electrons. The molecule has 1 N–H and O–H groups in total. The molecule has 3 saturated heterocycles. The minimum atomic E-state index is -2.16. The number of benzene rings is 4. The number of aliphatic hydroxyl groups is 1. The van der Waals surface area contributed by atoms with Gasteiger partial charge in [0.05, 0.1) is 51.1 Å². The highest BCUT2D eigenvalue weighted by Crippen LogP contribution is 2.66. The number of ether oxygens (including phenoxy) is 6. The van der Waals surface area contributed by atoms with E-state index in [0.717, 1.165) is 19.1 Å². The summed E-state index contributed by atoms with van der Waals surface area (Å²) in [7, 11) is 3.72. The van der Waals surface area contributed by atoms with Gasteiger partial charge in [0.2, 0.25) is 17.8 Å². The van der Waals surface area contributed by atoms with Crippen molar-refractivity contribution >= 4 is 47.5 Å². The summed E-state index contributed by atoms with van der Waals surface area (Å²) in [4.78, 5) is 104. The molecular weight excluding hydrogens is 953 g/mol. The minimum absolute atomic E-state index is 0.00410. The van der Waals surface area contributed by atoms with E-state index in [1.807, 2.05) is 70.5 Å². The molecule has 3 amide bonds. The molecule has 4 aliphatic rings. The minimum Gasteiger partial charge on any atom is -0.491 e. The number of methoxy groups -OCH3 is 3. The largest absolute Gasteiger partial charge is 0.491 e. The Balaban J connectivity index is 1.32. The van der Waals surface area contributed by atoms with Crippen LogP contribution in [0.2, 0.25) is 0 Å². The molecule has 0 bridgehead atoms. The van der Waals surface area contributed by atoms with Crippen molar-refractivity contribution in [2.24, 2.45) is 11.8 Å². The maximum Gasteiger partial charge on any atom is 0.421 e. The SMILES string of the molecule is COCCOC(=O)N1C(=O)C2(c3cc(C#CCC(C(=O)OC)C(=O)OC)ccc31)C(C(=O)N1CCN(c3ncccn3)CC1)C1C(=O)OC(c3ccccc3)C(c3ccccc3)N1C2c1cccc(OCCO)c1. The molecule has 0 radical (unpaired) electrons. The number of nitrogens with zero attached hydrogens (tertiary/aromatic N) is 6. The Morgan fingerprint density at radius 3 is 2.11 bits per heavy atom. The van der Waals surface area contributed by atoms with Gasteiger partial charge in [0.1, 0.15) is 36.5 Å². The molecule has 74 heavy (non-hydrogen) atoms. The van der Waals surface area contributed by atoms with Gasteiger partial charge in [-0.1, -0.05) is 84.6 Å². The normalized spacial score (nSPS) is 22.1. The van der Waals surface area contributed by atoms with Crippen LogP contribution in [0.25, 0.3) is 0 Å². The number of hydrogen-bond acceptors (Lipinski definition) is 17. The fraction of sp³-hybridized carbons (Fsp3) is 0.345. The second-order valence-electron chi connectivity index (χ2n) is 17.9. The van der Waals surface area contributed by atoms with E-state index in [4.69, 9.17) is 28.4 Å². The lowest BCUT2D eigenvalue weighted by molar-refractivity contribution is -0.179. The zero-order chi connectivity index (χ0) is 51.9. The first-order valence-corrected chi connectivity index (χ1v) is 24.1. The quantitative estimate of drug-likeness (QED) is 0.0538. The number of morpholine rings is 1. The first kappa shape index (κ1) is 50.7. The van der Waals surface area contributed by atoms with Crippen LogP contribution in [0.5, 0.6) is 5.75 Å². The van der Waals surface area contributed by atoms with Crippen molar-refractivity contribution in [2.45, 2.75) is 36.1 Å². The maximum absolute atomic E-state index is 16.6. The average Bonchev–Trinajstić information content (AvgIpc) is 3.96. The second-order valence-corrected chi connectivity index (χ2v) is 17.9. The highest BCUT2D eigenvalue weighted by Gasteiger charge is 2.76. The molecule has 4 aromatic carbocycles. The lowest BCUT2D eigenvalue weighted by Gasteiger charge is -2.46. The van der Waals surface area contributed by atoms with Crippen molar-refractivity contribution in [3.8, 4) is 17.6 Å². The fourth-order valence-electron chi connectivity index (χ4n) is 10.7. The van der Waals surface area contributed by atoms with E-state index < -0.39 is 77.3 Å². The zero-order valence-electron chi connectivity index (χ0n) is 40.9. The predicted octanol–water partition coefficient (Wildman–Crippen LogP) is 4.35. The number of fused-ring (bicyclic) bond motifs is 3. The molecule has 9 rings (SSSR count). The zero-order valence-corrected chi connectivity index (χ0v) is 40.9. The molecule has 5 aromatic rings. The van der Waals surface area contributed by atoms with Gasteiger partial charge >= 0.3 is 24.0 Å². The Morgan fingerprint density at radius 1 is 0.770 bits per heavy atom. The maximum atomic E-state index is 16.6. The van der Waals surface area contributed by atoms with E-state index in [1.54, 1.807) is 59.8 Å². The monoisotopic (exact) mass is 1010 g/mol. The van der Waals surface area contributed by atoms with Crippen molar-refractivity contribution in [1.29, 1.82) is 0 Å². The van der Waals surface area contributed by atoms with Crippen LogP contribution in [0.15, 0.2) is 122 Å². The number of carbonyl (C=O) groups is 6. The molecule has 5 heterocycles. The number of hydrogen-bond donors (Lipinski definition) is 1. The molecule has 1 aromatic heterocycles. The number of aliphatic hydroxyl groups excluding tert-OH is 1. The van der Waals surface area contributed by atoms with Gasteiger partial charge in [-0.15, -0.1) is 0 Å². The van der Waals surface area contributed by atoms with E-state index in [-0.39, 0.29) is 62.8 Å². The van der Waals surface area contributed by atoms with E-state index in [9.17, 15) is 19.5 Å².